The van der Waals surface area contributed by atoms with Gasteiger partial charge in [-0.1, -0.05) is 43.3 Å². The Balaban J connectivity index is 1.35. The van der Waals surface area contributed by atoms with Gasteiger partial charge in [0.15, 0.2) is 0 Å². The largest absolute Gasteiger partial charge is 0.493 e. The first-order valence-electron chi connectivity index (χ1n) is 11.3. The van der Waals surface area contributed by atoms with Gasteiger partial charge in [-0.15, -0.1) is 0 Å². The molecular weight excluding hydrogens is 449 g/mol. The number of benzene rings is 3. The maximum absolute atomic E-state index is 13.2. The van der Waals surface area contributed by atoms with E-state index in [0.717, 1.165) is 12.5 Å². The summed E-state index contributed by atoms with van der Waals surface area (Å²) in [7, 11) is 0. The van der Waals surface area contributed by atoms with E-state index in [1.165, 1.54) is 23.8 Å². The van der Waals surface area contributed by atoms with E-state index in [9.17, 15) is 18.8 Å². The monoisotopic (exact) mass is 477 g/mol. The summed E-state index contributed by atoms with van der Waals surface area (Å²) < 4.78 is 18.9. The molecule has 8 heteroatoms. The molecule has 0 aliphatic heterocycles. The molecule has 1 unspecified atom stereocenters. The van der Waals surface area contributed by atoms with Crippen molar-refractivity contribution >= 4 is 23.4 Å². The number of ether oxygens (including phenoxy) is 1. The summed E-state index contributed by atoms with van der Waals surface area (Å²) >= 11 is 0. The first-order valence-corrected chi connectivity index (χ1v) is 11.3. The molecule has 3 N–H and O–H groups in total. The molecule has 0 bridgehead atoms. The van der Waals surface area contributed by atoms with Crippen molar-refractivity contribution in [2.45, 2.75) is 26.2 Å². The number of anilines is 1. The first-order chi connectivity index (χ1) is 16.9. The SMILES string of the molecule is CC(CC(=O)NNC(=O)c1cccc(F)c1)CC(=O)Nc1ccc(OCCc2ccccc2)cc1. The van der Waals surface area contributed by atoms with E-state index in [1.54, 1.807) is 31.2 Å². The molecule has 3 amide bonds. The minimum Gasteiger partial charge on any atom is -0.493 e. The third kappa shape index (κ3) is 8.92. The van der Waals surface area contributed by atoms with Crippen LogP contribution in [0.2, 0.25) is 0 Å². The second-order valence-electron chi connectivity index (χ2n) is 8.18. The maximum atomic E-state index is 13.2. The van der Waals surface area contributed by atoms with Crippen LogP contribution in [0.15, 0.2) is 78.9 Å². The molecule has 0 saturated carbocycles. The van der Waals surface area contributed by atoms with Crippen molar-refractivity contribution in [3.8, 4) is 5.75 Å². The van der Waals surface area contributed by atoms with E-state index in [-0.39, 0.29) is 30.2 Å². The summed E-state index contributed by atoms with van der Waals surface area (Å²) in [6.45, 7) is 2.31. The summed E-state index contributed by atoms with van der Waals surface area (Å²) in [4.78, 5) is 36.3. The van der Waals surface area contributed by atoms with E-state index in [0.29, 0.717) is 18.0 Å². The molecule has 3 aromatic carbocycles. The number of carbonyl (C=O) groups is 3. The lowest BCUT2D eigenvalue weighted by Gasteiger charge is -2.13. The second kappa shape index (κ2) is 12.9. The molecule has 1 atom stereocenters. The number of hydrogen-bond donors (Lipinski definition) is 3. The summed E-state index contributed by atoms with van der Waals surface area (Å²) in [5.41, 5.74) is 6.44. The van der Waals surface area contributed by atoms with E-state index < -0.39 is 17.6 Å². The molecule has 0 radical (unpaired) electrons. The molecule has 182 valence electrons. The van der Waals surface area contributed by atoms with Gasteiger partial charge in [0.1, 0.15) is 11.6 Å². The smallest absolute Gasteiger partial charge is 0.269 e. The van der Waals surface area contributed by atoms with Crippen LogP contribution < -0.4 is 20.9 Å². The fourth-order valence-electron chi connectivity index (χ4n) is 3.36. The van der Waals surface area contributed by atoms with Crippen molar-refractivity contribution in [2.24, 2.45) is 5.92 Å². The Bertz CT molecular complexity index is 1140. The number of nitrogens with one attached hydrogen (secondary N) is 3. The Morgan fingerprint density at radius 3 is 2.29 bits per heavy atom. The second-order valence-corrected chi connectivity index (χ2v) is 8.18. The molecule has 0 spiro atoms. The van der Waals surface area contributed by atoms with Gasteiger partial charge in [-0.3, -0.25) is 25.2 Å². The van der Waals surface area contributed by atoms with Crippen LogP contribution in [-0.4, -0.2) is 24.3 Å². The topological polar surface area (TPSA) is 96.5 Å². The molecule has 0 aliphatic rings. The number of amides is 3. The quantitative estimate of drug-likeness (QED) is 0.380. The van der Waals surface area contributed by atoms with Gasteiger partial charge in [0.05, 0.1) is 6.61 Å². The number of carbonyl (C=O) groups excluding carboxylic acids is 3. The van der Waals surface area contributed by atoms with Crippen LogP contribution in [0, 0.1) is 11.7 Å². The van der Waals surface area contributed by atoms with Crippen molar-refractivity contribution < 1.29 is 23.5 Å². The van der Waals surface area contributed by atoms with Crippen molar-refractivity contribution in [1.29, 1.82) is 0 Å². The molecule has 3 rings (SSSR count). The van der Waals surface area contributed by atoms with Crippen molar-refractivity contribution in [3.05, 3.63) is 95.8 Å². The number of hydrazine groups is 1. The minimum absolute atomic E-state index is 0.0328. The molecule has 7 nitrogen and oxygen atoms in total. The predicted octanol–water partition coefficient (Wildman–Crippen LogP) is 4.26. The van der Waals surface area contributed by atoms with Crippen LogP contribution in [0.1, 0.15) is 35.7 Å². The van der Waals surface area contributed by atoms with Gasteiger partial charge in [-0.05, 0) is 53.9 Å². The van der Waals surface area contributed by atoms with Crippen LogP contribution in [0.4, 0.5) is 10.1 Å². The van der Waals surface area contributed by atoms with Gasteiger partial charge in [0.2, 0.25) is 11.8 Å². The lowest BCUT2D eigenvalue weighted by atomic mass is 10.0. The highest BCUT2D eigenvalue weighted by Gasteiger charge is 2.15. The minimum atomic E-state index is -0.629. The average Bonchev–Trinajstić information content (AvgIpc) is 2.84. The predicted molar refractivity (Wildman–Crippen MR) is 131 cm³/mol. The van der Waals surface area contributed by atoms with E-state index in [1.807, 2.05) is 18.2 Å². The summed E-state index contributed by atoms with van der Waals surface area (Å²) in [6, 6.07) is 22.3. The molecular formula is C27H28FN3O4. The summed E-state index contributed by atoms with van der Waals surface area (Å²) in [6.07, 6.45) is 0.963. The number of hydrogen-bond acceptors (Lipinski definition) is 4. The van der Waals surface area contributed by atoms with Crippen LogP contribution in [-0.2, 0) is 16.0 Å². The van der Waals surface area contributed by atoms with Gasteiger partial charge in [-0.25, -0.2) is 4.39 Å². The number of rotatable bonds is 10. The number of halogens is 1. The Morgan fingerprint density at radius 2 is 1.57 bits per heavy atom. The molecule has 0 fully saturated rings. The van der Waals surface area contributed by atoms with Crippen molar-refractivity contribution in [2.75, 3.05) is 11.9 Å². The fourth-order valence-corrected chi connectivity index (χ4v) is 3.36. The summed E-state index contributed by atoms with van der Waals surface area (Å²) in [5.74, 6) is -1.41. The zero-order valence-corrected chi connectivity index (χ0v) is 19.4. The molecule has 35 heavy (non-hydrogen) atoms. The fraction of sp³-hybridized carbons (Fsp3) is 0.222. The van der Waals surface area contributed by atoms with Crippen LogP contribution in [0.5, 0.6) is 5.75 Å². The molecule has 0 heterocycles. The van der Waals surface area contributed by atoms with Gasteiger partial charge in [0.25, 0.3) is 5.91 Å². The lowest BCUT2D eigenvalue weighted by Crippen LogP contribution is -2.42. The molecule has 0 aliphatic carbocycles. The summed E-state index contributed by atoms with van der Waals surface area (Å²) in [5, 5.41) is 2.80. The first kappa shape index (κ1) is 25.4. The molecule has 0 saturated heterocycles. The normalized spacial score (nSPS) is 11.3. The third-order valence-corrected chi connectivity index (χ3v) is 5.11. The standard InChI is InChI=1S/C27H28FN3O4/c1-19(17-26(33)30-31-27(34)21-8-5-9-22(28)18-21)16-25(32)29-23-10-12-24(13-11-23)35-15-14-20-6-3-2-4-7-20/h2-13,18-19H,14-17H2,1H3,(H,29,32)(H,30,33)(H,31,34). The van der Waals surface area contributed by atoms with Gasteiger partial charge in [-0.2, -0.15) is 0 Å². The van der Waals surface area contributed by atoms with Crippen LogP contribution in [0.3, 0.4) is 0 Å². The van der Waals surface area contributed by atoms with Crippen molar-refractivity contribution in [1.82, 2.24) is 10.9 Å². The van der Waals surface area contributed by atoms with Gasteiger partial charge < -0.3 is 10.1 Å². The highest BCUT2D eigenvalue weighted by molar-refractivity contribution is 5.95. The van der Waals surface area contributed by atoms with E-state index >= 15 is 0 Å². The van der Waals surface area contributed by atoms with Crippen molar-refractivity contribution in [3.63, 3.8) is 0 Å². The highest BCUT2D eigenvalue weighted by Crippen LogP contribution is 2.17. The van der Waals surface area contributed by atoms with Crippen LogP contribution in [0.25, 0.3) is 0 Å². The Hall–Kier alpha value is -4.20. The van der Waals surface area contributed by atoms with Gasteiger partial charge >= 0.3 is 0 Å². The Morgan fingerprint density at radius 1 is 0.857 bits per heavy atom. The Kier molecular flexibility index (Phi) is 9.36. The van der Waals surface area contributed by atoms with Crippen LogP contribution >= 0.6 is 0 Å². The van der Waals surface area contributed by atoms with Gasteiger partial charge in [0, 0.05) is 30.5 Å². The highest BCUT2D eigenvalue weighted by atomic mass is 19.1. The maximum Gasteiger partial charge on any atom is 0.269 e. The van der Waals surface area contributed by atoms with E-state index in [4.69, 9.17) is 4.74 Å². The zero-order valence-electron chi connectivity index (χ0n) is 19.4. The zero-order chi connectivity index (χ0) is 25.0. The van der Waals surface area contributed by atoms with E-state index in [2.05, 4.69) is 28.3 Å². The molecule has 0 aromatic heterocycles. The molecule has 3 aromatic rings. The third-order valence-electron chi connectivity index (χ3n) is 5.11. The Labute approximate surface area is 203 Å². The lowest BCUT2D eigenvalue weighted by molar-refractivity contribution is -0.123. The average molecular weight is 478 g/mol.